The molecule has 0 N–H and O–H groups in total. The Morgan fingerprint density at radius 3 is 2.29 bits per heavy atom. The SMILES string of the molecule is CC(C)(C)OCCOC(=O)c1cc(Cl)nc(C(C)(C)C)c1. The van der Waals surface area contributed by atoms with Crippen LogP contribution in [0.1, 0.15) is 57.6 Å². The molecule has 0 aliphatic rings. The second kappa shape index (κ2) is 6.75. The molecule has 1 aromatic rings. The van der Waals surface area contributed by atoms with Crippen molar-refractivity contribution in [2.75, 3.05) is 13.2 Å². The molecule has 0 saturated heterocycles. The van der Waals surface area contributed by atoms with Crippen molar-refractivity contribution in [1.29, 1.82) is 0 Å². The molecule has 0 atom stereocenters. The van der Waals surface area contributed by atoms with Gasteiger partial charge < -0.3 is 9.47 Å². The largest absolute Gasteiger partial charge is 0.460 e. The van der Waals surface area contributed by atoms with E-state index in [1.807, 2.05) is 41.5 Å². The number of halogens is 1. The molecule has 0 unspecified atom stereocenters. The number of carbonyl (C=O) groups is 1. The minimum Gasteiger partial charge on any atom is -0.460 e. The molecule has 0 fully saturated rings. The summed E-state index contributed by atoms with van der Waals surface area (Å²) in [5.74, 6) is -0.415. The first-order valence-electron chi connectivity index (χ1n) is 6.98. The lowest BCUT2D eigenvalue weighted by molar-refractivity contribution is -0.0281. The molecule has 0 bridgehead atoms. The van der Waals surface area contributed by atoms with E-state index >= 15 is 0 Å². The molecular formula is C16H24ClNO3. The fourth-order valence-electron chi connectivity index (χ4n) is 1.56. The number of pyridine rings is 1. The summed E-state index contributed by atoms with van der Waals surface area (Å²) in [5, 5.41) is 0.292. The Labute approximate surface area is 131 Å². The summed E-state index contributed by atoms with van der Waals surface area (Å²) in [7, 11) is 0. The Kier molecular flexibility index (Phi) is 5.76. The second-order valence-electron chi connectivity index (χ2n) is 6.91. The van der Waals surface area contributed by atoms with Gasteiger partial charge in [-0.05, 0) is 32.9 Å². The van der Waals surface area contributed by atoms with Crippen LogP contribution >= 0.6 is 11.6 Å². The highest BCUT2D eigenvalue weighted by Gasteiger charge is 2.19. The van der Waals surface area contributed by atoms with Gasteiger partial charge >= 0.3 is 5.97 Å². The van der Waals surface area contributed by atoms with Crippen molar-refractivity contribution in [2.24, 2.45) is 0 Å². The minimum atomic E-state index is -0.415. The third-order valence-electron chi connectivity index (χ3n) is 2.65. The quantitative estimate of drug-likeness (QED) is 0.479. The van der Waals surface area contributed by atoms with E-state index in [2.05, 4.69) is 4.98 Å². The summed E-state index contributed by atoms with van der Waals surface area (Å²) in [6, 6.07) is 3.24. The minimum absolute atomic E-state index is 0.185. The van der Waals surface area contributed by atoms with E-state index in [4.69, 9.17) is 21.1 Å². The fraction of sp³-hybridized carbons (Fsp3) is 0.625. The standard InChI is InChI=1S/C16H24ClNO3/c1-15(2,3)12-9-11(10-13(17)18-12)14(19)20-7-8-21-16(4,5)6/h9-10H,7-8H2,1-6H3. The van der Waals surface area contributed by atoms with Gasteiger partial charge in [0.2, 0.25) is 0 Å². The summed E-state index contributed by atoms with van der Waals surface area (Å²) in [6.07, 6.45) is 0. The van der Waals surface area contributed by atoms with Crippen LogP contribution in [0.2, 0.25) is 5.15 Å². The highest BCUT2D eigenvalue weighted by molar-refractivity contribution is 6.29. The van der Waals surface area contributed by atoms with Gasteiger partial charge in [-0.1, -0.05) is 32.4 Å². The Morgan fingerprint density at radius 1 is 1.14 bits per heavy atom. The predicted octanol–water partition coefficient (Wildman–Crippen LogP) is 4.00. The van der Waals surface area contributed by atoms with Crippen LogP contribution in [0.5, 0.6) is 0 Å². The van der Waals surface area contributed by atoms with Crippen LogP contribution in [0, 0.1) is 0 Å². The van der Waals surface area contributed by atoms with E-state index in [9.17, 15) is 4.79 Å². The summed E-state index contributed by atoms with van der Waals surface area (Å²) in [6.45, 7) is 12.5. The van der Waals surface area contributed by atoms with Gasteiger partial charge in [-0.3, -0.25) is 0 Å². The molecule has 0 aromatic carbocycles. The molecule has 0 radical (unpaired) electrons. The highest BCUT2D eigenvalue weighted by Crippen LogP contribution is 2.23. The maximum atomic E-state index is 12.0. The Bertz CT molecular complexity index is 501. The molecule has 1 rings (SSSR count). The zero-order valence-corrected chi connectivity index (χ0v) is 14.4. The first-order valence-corrected chi connectivity index (χ1v) is 7.36. The van der Waals surface area contributed by atoms with Crippen molar-refractivity contribution in [3.63, 3.8) is 0 Å². The van der Waals surface area contributed by atoms with Crippen LogP contribution in [0.25, 0.3) is 0 Å². The fourth-order valence-corrected chi connectivity index (χ4v) is 1.77. The molecule has 0 aliphatic carbocycles. The zero-order valence-electron chi connectivity index (χ0n) is 13.6. The van der Waals surface area contributed by atoms with Crippen LogP contribution in [-0.2, 0) is 14.9 Å². The van der Waals surface area contributed by atoms with Gasteiger partial charge in [-0.15, -0.1) is 0 Å². The van der Waals surface area contributed by atoms with E-state index in [1.54, 1.807) is 6.07 Å². The number of hydrogen-bond donors (Lipinski definition) is 0. The summed E-state index contributed by atoms with van der Waals surface area (Å²) in [4.78, 5) is 16.3. The Hall–Kier alpha value is -1.13. The molecule has 0 amide bonds. The number of rotatable bonds is 4. The number of ether oxygens (including phenoxy) is 2. The molecule has 0 saturated carbocycles. The molecule has 1 heterocycles. The maximum absolute atomic E-state index is 12.0. The monoisotopic (exact) mass is 313 g/mol. The molecule has 118 valence electrons. The van der Waals surface area contributed by atoms with Crippen LogP contribution in [0.3, 0.4) is 0 Å². The number of aromatic nitrogens is 1. The lowest BCUT2D eigenvalue weighted by Gasteiger charge is -2.20. The molecule has 0 aliphatic heterocycles. The van der Waals surface area contributed by atoms with Gasteiger partial charge in [-0.25, -0.2) is 9.78 Å². The van der Waals surface area contributed by atoms with E-state index in [0.29, 0.717) is 17.3 Å². The van der Waals surface area contributed by atoms with Crippen molar-refractivity contribution < 1.29 is 14.3 Å². The predicted molar refractivity (Wildman–Crippen MR) is 83.9 cm³/mol. The third-order valence-corrected chi connectivity index (χ3v) is 2.84. The van der Waals surface area contributed by atoms with Crippen molar-refractivity contribution in [1.82, 2.24) is 4.98 Å². The van der Waals surface area contributed by atoms with Crippen LogP contribution in [0.15, 0.2) is 12.1 Å². The highest BCUT2D eigenvalue weighted by atomic mass is 35.5. The average molecular weight is 314 g/mol. The van der Waals surface area contributed by atoms with Crippen molar-refractivity contribution in [3.05, 3.63) is 28.5 Å². The third kappa shape index (κ3) is 6.44. The number of hydrogen-bond acceptors (Lipinski definition) is 4. The molecule has 5 heteroatoms. The van der Waals surface area contributed by atoms with E-state index in [-0.39, 0.29) is 17.6 Å². The van der Waals surface area contributed by atoms with Gasteiger partial charge in [0, 0.05) is 11.1 Å². The first kappa shape index (κ1) is 17.9. The van der Waals surface area contributed by atoms with Crippen molar-refractivity contribution >= 4 is 17.6 Å². The van der Waals surface area contributed by atoms with Crippen molar-refractivity contribution in [3.8, 4) is 0 Å². The van der Waals surface area contributed by atoms with E-state index in [0.717, 1.165) is 5.69 Å². The molecule has 4 nitrogen and oxygen atoms in total. The lowest BCUT2D eigenvalue weighted by atomic mass is 9.91. The summed E-state index contributed by atoms with van der Waals surface area (Å²) >= 11 is 5.98. The van der Waals surface area contributed by atoms with E-state index in [1.165, 1.54) is 6.07 Å². The van der Waals surface area contributed by atoms with Gasteiger partial charge in [-0.2, -0.15) is 0 Å². The Balaban J connectivity index is 2.68. The number of esters is 1. The van der Waals surface area contributed by atoms with Crippen LogP contribution in [0.4, 0.5) is 0 Å². The van der Waals surface area contributed by atoms with E-state index < -0.39 is 5.97 Å². The van der Waals surface area contributed by atoms with Gasteiger partial charge in [0.1, 0.15) is 11.8 Å². The summed E-state index contributed by atoms with van der Waals surface area (Å²) < 4.78 is 10.7. The topological polar surface area (TPSA) is 48.4 Å². The smallest absolute Gasteiger partial charge is 0.338 e. The van der Waals surface area contributed by atoms with Gasteiger partial charge in [0.15, 0.2) is 0 Å². The number of nitrogens with zero attached hydrogens (tertiary/aromatic N) is 1. The average Bonchev–Trinajstić information content (AvgIpc) is 2.31. The number of carbonyl (C=O) groups excluding carboxylic acids is 1. The molecule has 0 spiro atoms. The molecular weight excluding hydrogens is 290 g/mol. The van der Waals surface area contributed by atoms with Crippen LogP contribution < -0.4 is 0 Å². The normalized spacial score (nSPS) is 12.3. The summed E-state index contributed by atoms with van der Waals surface area (Å²) in [5.41, 5.74) is 0.740. The second-order valence-corrected chi connectivity index (χ2v) is 7.30. The van der Waals surface area contributed by atoms with Gasteiger partial charge in [0.25, 0.3) is 0 Å². The molecule has 1 aromatic heterocycles. The zero-order chi connectivity index (χ0) is 16.3. The lowest BCUT2D eigenvalue weighted by Crippen LogP contribution is -2.23. The first-order chi connectivity index (χ1) is 9.49. The van der Waals surface area contributed by atoms with Crippen molar-refractivity contribution in [2.45, 2.75) is 52.6 Å². The Morgan fingerprint density at radius 2 is 1.76 bits per heavy atom. The molecule has 21 heavy (non-hydrogen) atoms. The van der Waals surface area contributed by atoms with Gasteiger partial charge in [0.05, 0.1) is 17.8 Å². The maximum Gasteiger partial charge on any atom is 0.338 e. The van der Waals surface area contributed by atoms with Crippen LogP contribution in [-0.4, -0.2) is 29.8 Å².